The van der Waals surface area contributed by atoms with E-state index in [4.69, 9.17) is 9.57 Å². The Morgan fingerprint density at radius 1 is 1.08 bits per heavy atom. The number of carbonyl (C=O) groups excluding carboxylic acids is 1. The second-order valence-electron chi connectivity index (χ2n) is 8.28. The van der Waals surface area contributed by atoms with E-state index in [-0.39, 0.29) is 24.2 Å². The molecule has 0 bridgehead atoms. The van der Waals surface area contributed by atoms with Crippen molar-refractivity contribution in [3.63, 3.8) is 0 Å². The number of ether oxygens (including phenoxy) is 1. The van der Waals surface area contributed by atoms with Crippen LogP contribution in [0.2, 0.25) is 0 Å². The predicted molar refractivity (Wildman–Crippen MR) is 100 cm³/mol. The molecule has 3 aliphatic rings. The van der Waals surface area contributed by atoms with Gasteiger partial charge in [-0.15, -0.1) is 0 Å². The van der Waals surface area contributed by atoms with E-state index in [9.17, 15) is 4.79 Å². The first-order valence-electron chi connectivity index (χ1n) is 10.4. The van der Waals surface area contributed by atoms with Crippen LogP contribution in [0.4, 0.5) is 0 Å². The van der Waals surface area contributed by atoms with Crippen molar-refractivity contribution in [2.45, 2.75) is 76.5 Å². The van der Waals surface area contributed by atoms with Gasteiger partial charge in [-0.3, -0.25) is 4.79 Å². The lowest BCUT2D eigenvalue weighted by Gasteiger charge is -2.47. The zero-order chi connectivity index (χ0) is 17.9. The number of nitrogens with zero attached hydrogens (tertiary/aromatic N) is 1. The van der Waals surface area contributed by atoms with E-state index in [0.29, 0.717) is 11.8 Å². The first-order chi connectivity index (χ1) is 12.7. The van der Waals surface area contributed by atoms with Gasteiger partial charge in [-0.2, -0.15) is 0 Å². The monoisotopic (exact) mass is 357 g/mol. The standard InChI is InChI=1S/C22H31NO3/c1-16-20(22(24)23(16)26-21-9-5-6-14-25-21)15-17-10-12-19(13-11-17)18-7-3-2-4-8-18/h2-4,7-8,16-17,19-21H,5-6,9-15H2,1H3. The largest absolute Gasteiger partial charge is 0.350 e. The lowest BCUT2D eigenvalue weighted by molar-refractivity contribution is -0.317. The maximum Gasteiger partial charge on any atom is 0.251 e. The summed E-state index contributed by atoms with van der Waals surface area (Å²) < 4.78 is 5.60. The van der Waals surface area contributed by atoms with Gasteiger partial charge in [-0.25, -0.2) is 9.90 Å². The Morgan fingerprint density at radius 2 is 1.85 bits per heavy atom. The van der Waals surface area contributed by atoms with Gasteiger partial charge in [-0.05, 0) is 69.3 Å². The highest BCUT2D eigenvalue weighted by atomic mass is 16.8. The molecule has 1 aromatic rings. The summed E-state index contributed by atoms with van der Waals surface area (Å²) in [5.74, 6) is 1.68. The van der Waals surface area contributed by atoms with Crippen molar-refractivity contribution in [2.75, 3.05) is 6.61 Å². The Hall–Kier alpha value is -1.39. The molecule has 0 radical (unpaired) electrons. The fourth-order valence-corrected chi connectivity index (χ4v) is 4.83. The molecule has 26 heavy (non-hydrogen) atoms. The van der Waals surface area contributed by atoms with Crippen molar-refractivity contribution in [2.24, 2.45) is 11.8 Å². The average molecular weight is 357 g/mol. The van der Waals surface area contributed by atoms with Crippen LogP contribution in [0.25, 0.3) is 0 Å². The van der Waals surface area contributed by atoms with Gasteiger partial charge in [0.15, 0.2) is 6.29 Å². The molecule has 1 amide bonds. The van der Waals surface area contributed by atoms with E-state index in [1.165, 1.54) is 31.2 Å². The van der Waals surface area contributed by atoms with Gasteiger partial charge in [0.25, 0.3) is 5.91 Å². The first kappa shape index (κ1) is 18.0. The van der Waals surface area contributed by atoms with Gasteiger partial charge >= 0.3 is 0 Å². The topological polar surface area (TPSA) is 38.8 Å². The molecule has 4 rings (SSSR count). The smallest absolute Gasteiger partial charge is 0.251 e. The predicted octanol–water partition coefficient (Wildman–Crippen LogP) is 4.66. The summed E-state index contributed by atoms with van der Waals surface area (Å²) in [6, 6.07) is 11.1. The summed E-state index contributed by atoms with van der Waals surface area (Å²) in [5.41, 5.74) is 1.48. The molecule has 4 nitrogen and oxygen atoms in total. The summed E-state index contributed by atoms with van der Waals surface area (Å²) in [7, 11) is 0. The minimum Gasteiger partial charge on any atom is -0.350 e. The maximum atomic E-state index is 12.6. The third-order valence-corrected chi connectivity index (χ3v) is 6.56. The molecule has 2 heterocycles. The van der Waals surface area contributed by atoms with Gasteiger partial charge in [0.05, 0.1) is 12.0 Å². The van der Waals surface area contributed by atoms with Gasteiger partial charge in [0, 0.05) is 13.0 Å². The zero-order valence-electron chi connectivity index (χ0n) is 15.8. The van der Waals surface area contributed by atoms with E-state index in [2.05, 4.69) is 37.3 Å². The molecule has 0 aromatic heterocycles. The van der Waals surface area contributed by atoms with Crippen LogP contribution in [0.1, 0.15) is 69.8 Å². The molecule has 2 saturated heterocycles. The van der Waals surface area contributed by atoms with Gasteiger partial charge in [0.1, 0.15) is 0 Å². The molecular formula is C22H31NO3. The van der Waals surface area contributed by atoms with Crippen LogP contribution in [0.5, 0.6) is 0 Å². The Balaban J connectivity index is 1.23. The zero-order valence-corrected chi connectivity index (χ0v) is 15.8. The number of rotatable bonds is 5. The highest BCUT2D eigenvalue weighted by Crippen LogP contribution is 2.41. The summed E-state index contributed by atoms with van der Waals surface area (Å²) in [4.78, 5) is 18.4. The number of hydroxylamine groups is 2. The molecule has 3 atom stereocenters. The van der Waals surface area contributed by atoms with E-state index in [0.717, 1.165) is 32.3 Å². The molecule has 1 aliphatic carbocycles. The van der Waals surface area contributed by atoms with Crippen LogP contribution in [0.15, 0.2) is 30.3 Å². The average Bonchev–Trinajstić information content (AvgIpc) is 2.72. The van der Waals surface area contributed by atoms with Crippen molar-refractivity contribution in [1.82, 2.24) is 5.06 Å². The molecule has 142 valence electrons. The van der Waals surface area contributed by atoms with Crippen LogP contribution in [0.3, 0.4) is 0 Å². The normalized spacial score (nSPS) is 35.2. The maximum absolute atomic E-state index is 12.6. The van der Waals surface area contributed by atoms with Gasteiger partial charge in [0.2, 0.25) is 0 Å². The molecule has 4 heteroatoms. The van der Waals surface area contributed by atoms with Crippen molar-refractivity contribution < 1.29 is 14.4 Å². The summed E-state index contributed by atoms with van der Waals surface area (Å²) >= 11 is 0. The van der Waals surface area contributed by atoms with Crippen LogP contribution in [0, 0.1) is 11.8 Å². The fourth-order valence-electron chi connectivity index (χ4n) is 4.83. The Labute approximate surface area is 156 Å². The van der Waals surface area contributed by atoms with Gasteiger partial charge < -0.3 is 4.74 Å². The number of amides is 1. The first-order valence-corrected chi connectivity index (χ1v) is 10.4. The molecule has 3 unspecified atom stereocenters. The Bertz CT molecular complexity index is 591. The van der Waals surface area contributed by atoms with Crippen molar-refractivity contribution in [3.8, 4) is 0 Å². The highest BCUT2D eigenvalue weighted by Gasteiger charge is 2.47. The number of β-lactam (4-membered cyclic amide) rings is 1. The fraction of sp³-hybridized carbons (Fsp3) is 0.682. The van der Waals surface area contributed by atoms with Crippen LogP contribution < -0.4 is 0 Å². The summed E-state index contributed by atoms with van der Waals surface area (Å²) in [5, 5.41) is 1.58. The molecule has 0 N–H and O–H groups in total. The van der Waals surface area contributed by atoms with Crippen LogP contribution >= 0.6 is 0 Å². The number of benzene rings is 1. The lowest BCUT2D eigenvalue weighted by atomic mass is 9.73. The second-order valence-corrected chi connectivity index (χ2v) is 8.28. The molecule has 1 saturated carbocycles. The lowest BCUT2D eigenvalue weighted by Crippen LogP contribution is -2.60. The summed E-state index contributed by atoms with van der Waals surface area (Å²) in [6.45, 7) is 2.86. The molecule has 3 fully saturated rings. The number of carbonyl (C=O) groups is 1. The van der Waals surface area contributed by atoms with Crippen LogP contribution in [-0.2, 0) is 14.4 Å². The molecule has 0 spiro atoms. The Kier molecular flexibility index (Phi) is 5.60. The highest BCUT2D eigenvalue weighted by molar-refractivity contribution is 5.84. The molecular weight excluding hydrogens is 326 g/mol. The molecule has 1 aromatic carbocycles. The minimum absolute atomic E-state index is 0.136. The SMILES string of the molecule is CC1C(CC2CCC(c3ccccc3)CC2)C(=O)N1OC1CCCCO1. The van der Waals surface area contributed by atoms with E-state index >= 15 is 0 Å². The van der Waals surface area contributed by atoms with Gasteiger partial charge in [-0.1, -0.05) is 30.3 Å². The quantitative estimate of drug-likeness (QED) is 0.720. The van der Waals surface area contributed by atoms with Crippen molar-refractivity contribution >= 4 is 5.91 Å². The third-order valence-electron chi connectivity index (χ3n) is 6.56. The van der Waals surface area contributed by atoms with E-state index in [1.54, 1.807) is 5.06 Å². The van der Waals surface area contributed by atoms with E-state index < -0.39 is 0 Å². The van der Waals surface area contributed by atoms with E-state index in [1.807, 2.05) is 0 Å². The van der Waals surface area contributed by atoms with Crippen LogP contribution in [-0.4, -0.2) is 29.9 Å². The molecule has 2 aliphatic heterocycles. The van der Waals surface area contributed by atoms with Crippen molar-refractivity contribution in [3.05, 3.63) is 35.9 Å². The Morgan fingerprint density at radius 3 is 2.50 bits per heavy atom. The second kappa shape index (κ2) is 8.10. The number of hydrogen-bond acceptors (Lipinski definition) is 3. The third kappa shape index (κ3) is 3.81. The minimum atomic E-state index is -0.225. The van der Waals surface area contributed by atoms with Crippen molar-refractivity contribution in [1.29, 1.82) is 0 Å². The summed E-state index contributed by atoms with van der Waals surface area (Å²) in [6.07, 6.45) is 8.88. The number of hydrogen-bond donors (Lipinski definition) is 0.